The van der Waals surface area contributed by atoms with Gasteiger partial charge in [0.2, 0.25) is 0 Å². The second kappa shape index (κ2) is 7.59. The van der Waals surface area contributed by atoms with Crippen LogP contribution < -0.4 is 5.32 Å². The molecule has 2 heteroatoms. The van der Waals surface area contributed by atoms with E-state index >= 15 is 0 Å². The van der Waals surface area contributed by atoms with Crippen LogP contribution in [0.3, 0.4) is 0 Å². The predicted molar refractivity (Wildman–Crippen MR) is 47.4 cm³/mol. The van der Waals surface area contributed by atoms with Crippen molar-refractivity contribution < 1.29 is 4.74 Å². The smallest absolute Gasteiger partial charge is 0.0616 e. The first-order valence-corrected chi connectivity index (χ1v) is 4.00. The van der Waals surface area contributed by atoms with Gasteiger partial charge in [-0.3, -0.25) is 0 Å². The summed E-state index contributed by atoms with van der Waals surface area (Å²) >= 11 is 0. The first-order chi connectivity index (χ1) is 5.35. The van der Waals surface area contributed by atoms with Crippen LogP contribution in [0.4, 0.5) is 0 Å². The van der Waals surface area contributed by atoms with Gasteiger partial charge in [0.15, 0.2) is 0 Å². The summed E-state index contributed by atoms with van der Waals surface area (Å²) < 4.78 is 5.02. The van der Waals surface area contributed by atoms with Crippen LogP contribution in [0.2, 0.25) is 0 Å². The van der Waals surface area contributed by atoms with Gasteiger partial charge in [0.1, 0.15) is 0 Å². The highest BCUT2D eigenvalue weighted by molar-refractivity contribution is 4.88. The Bertz CT molecular complexity index is 111. The minimum absolute atomic E-state index is 0.418. The Labute approximate surface area is 69.3 Å². The molecule has 0 amide bonds. The Hall–Kier alpha value is -0.520. The largest absolute Gasteiger partial charge is 0.383 e. The summed E-state index contributed by atoms with van der Waals surface area (Å²) in [6.45, 7) is 3.53. The molecule has 0 radical (unpaired) electrons. The molecule has 0 spiro atoms. The van der Waals surface area contributed by atoms with E-state index in [4.69, 9.17) is 11.2 Å². The third kappa shape index (κ3) is 5.90. The first-order valence-electron chi connectivity index (χ1n) is 4.00. The third-order valence-electron chi connectivity index (χ3n) is 1.50. The van der Waals surface area contributed by atoms with E-state index in [1.165, 1.54) is 0 Å². The highest BCUT2D eigenvalue weighted by Gasteiger charge is 2.03. The van der Waals surface area contributed by atoms with Gasteiger partial charge in [-0.25, -0.2) is 0 Å². The second-order valence-electron chi connectivity index (χ2n) is 2.53. The van der Waals surface area contributed by atoms with Crippen molar-refractivity contribution in [3.05, 3.63) is 0 Å². The zero-order valence-electron chi connectivity index (χ0n) is 7.39. The van der Waals surface area contributed by atoms with Gasteiger partial charge in [0.25, 0.3) is 0 Å². The maximum atomic E-state index is 5.12. The molecule has 1 N–H and O–H groups in total. The molecule has 1 unspecified atom stereocenters. The summed E-state index contributed by atoms with van der Waals surface area (Å²) in [6, 6.07) is 0.418. The average Bonchev–Trinajstić information content (AvgIpc) is 2.01. The SMILES string of the molecule is C#CCNC(CCC)COC. The van der Waals surface area contributed by atoms with Gasteiger partial charge in [-0.15, -0.1) is 6.42 Å². The van der Waals surface area contributed by atoms with E-state index in [1.807, 2.05) is 0 Å². The zero-order chi connectivity index (χ0) is 8.53. The molecule has 0 saturated carbocycles. The molecule has 0 aliphatic heterocycles. The van der Waals surface area contributed by atoms with Crippen LogP contribution in [0.5, 0.6) is 0 Å². The van der Waals surface area contributed by atoms with Crippen LogP contribution in [0, 0.1) is 12.3 Å². The normalized spacial score (nSPS) is 12.5. The molecule has 1 atom stereocenters. The van der Waals surface area contributed by atoms with E-state index in [2.05, 4.69) is 18.2 Å². The van der Waals surface area contributed by atoms with Crippen LogP contribution in [0.25, 0.3) is 0 Å². The van der Waals surface area contributed by atoms with Gasteiger partial charge in [0, 0.05) is 13.2 Å². The van der Waals surface area contributed by atoms with E-state index in [0.717, 1.165) is 19.4 Å². The van der Waals surface area contributed by atoms with Crippen molar-refractivity contribution >= 4 is 0 Å². The quantitative estimate of drug-likeness (QED) is 0.578. The van der Waals surface area contributed by atoms with Crippen molar-refractivity contribution in [2.45, 2.75) is 25.8 Å². The maximum absolute atomic E-state index is 5.12. The van der Waals surface area contributed by atoms with E-state index in [1.54, 1.807) is 7.11 Å². The zero-order valence-corrected chi connectivity index (χ0v) is 7.39. The van der Waals surface area contributed by atoms with E-state index in [9.17, 15) is 0 Å². The molecule has 0 aliphatic rings. The number of terminal acetylenes is 1. The molecule has 64 valence electrons. The van der Waals surface area contributed by atoms with Crippen molar-refractivity contribution in [2.75, 3.05) is 20.3 Å². The van der Waals surface area contributed by atoms with Gasteiger partial charge < -0.3 is 10.1 Å². The third-order valence-corrected chi connectivity index (χ3v) is 1.50. The molecule has 0 aromatic rings. The van der Waals surface area contributed by atoms with Gasteiger partial charge in [0.05, 0.1) is 13.2 Å². The van der Waals surface area contributed by atoms with Crippen molar-refractivity contribution in [3.63, 3.8) is 0 Å². The number of rotatable bonds is 6. The summed E-state index contributed by atoms with van der Waals surface area (Å²) in [6.07, 6.45) is 7.39. The van der Waals surface area contributed by atoms with Crippen molar-refractivity contribution in [3.8, 4) is 12.3 Å². The number of ether oxygens (including phenoxy) is 1. The molecule has 0 aliphatic carbocycles. The average molecular weight is 155 g/mol. The summed E-state index contributed by atoms with van der Waals surface area (Å²) in [5.41, 5.74) is 0. The monoisotopic (exact) mass is 155 g/mol. The Morgan fingerprint density at radius 2 is 2.36 bits per heavy atom. The van der Waals surface area contributed by atoms with Gasteiger partial charge in [-0.2, -0.15) is 0 Å². The fraction of sp³-hybridized carbons (Fsp3) is 0.778. The van der Waals surface area contributed by atoms with Gasteiger partial charge in [-0.1, -0.05) is 19.3 Å². The number of hydrogen-bond acceptors (Lipinski definition) is 2. The highest BCUT2D eigenvalue weighted by atomic mass is 16.5. The topological polar surface area (TPSA) is 21.3 Å². The number of methoxy groups -OCH3 is 1. The van der Waals surface area contributed by atoms with Crippen LogP contribution in [-0.2, 0) is 4.74 Å². The van der Waals surface area contributed by atoms with Crippen molar-refractivity contribution in [1.82, 2.24) is 5.32 Å². The lowest BCUT2D eigenvalue weighted by Crippen LogP contribution is -2.33. The van der Waals surface area contributed by atoms with Crippen molar-refractivity contribution in [1.29, 1.82) is 0 Å². The second-order valence-corrected chi connectivity index (χ2v) is 2.53. The Balaban J connectivity index is 3.44. The van der Waals surface area contributed by atoms with Crippen LogP contribution in [0.15, 0.2) is 0 Å². The molecule has 11 heavy (non-hydrogen) atoms. The molecule has 0 fully saturated rings. The fourth-order valence-corrected chi connectivity index (χ4v) is 0.997. The standard InChI is InChI=1S/C9H17NO/c1-4-6-9(8-11-3)10-7-5-2/h2,9-10H,4,6-8H2,1,3H3. The summed E-state index contributed by atoms with van der Waals surface area (Å²) in [5, 5.41) is 3.21. The van der Waals surface area contributed by atoms with Gasteiger partial charge >= 0.3 is 0 Å². The highest BCUT2D eigenvalue weighted by Crippen LogP contribution is 1.95. The molecule has 0 aromatic carbocycles. The minimum atomic E-state index is 0.418. The molecule has 0 heterocycles. The fourth-order valence-electron chi connectivity index (χ4n) is 0.997. The molecule has 0 saturated heterocycles. The Morgan fingerprint density at radius 1 is 1.64 bits per heavy atom. The first kappa shape index (κ1) is 10.5. The Morgan fingerprint density at radius 3 is 2.82 bits per heavy atom. The van der Waals surface area contributed by atoms with Gasteiger partial charge in [-0.05, 0) is 6.42 Å². The van der Waals surface area contributed by atoms with Crippen LogP contribution >= 0.6 is 0 Å². The molecular formula is C9H17NO. The predicted octanol–water partition coefficient (Wildman–Crippen LogP) is 1.02. The summed E-state index contributed by atoms with van der Waals surface area (Å²) in [5.74, 6) is 2.55. The lowest BCUT2D eigenvalue weighted by molar-refractivity contribution is 0.164. The number of hydrogen-bond donors (Lipinski definition) is 1. The minimum Gasteiger partial charge on any atom is -0.383 e. The van der Waals surface area contributed by atoms with Crippen LogP contribution in [-0.4, -0.2) is 26.3 Å². The molecule has 2 nitrogen and oxygen atoms in total. The lowest BCUT2D eigenvalue weighted by atomic mass is 10.2. The Kier molecular flexibility index (Phi) is 7.23. The molecule has 0 aromatic heterocycles. The van der Waals surface area contributed by atoms with Crippen LogP contribution in [0.1, 0.15) is 19.8 Å². The molecule has 0 bridgehead atoms. The summed E-state index contributed by atoms with van der Waals surface area (Å²) in [4.78, 5) is 0. The summed E-state index contributed by atoms with van der Waals surface area (Å²) in [7, 11) is 1.71. The maximum Gasteiger partial charge on any atom is 0.0616 e. The molecule has 0 rings (SSSR count). The number of nitrogens with one attached hydrogen (secondary N) is 1. The van der Waals surface area contributed by atoms with E-state index in [0.29, 0.717) is 12.6 Å². The van der Waals surface area contributed by atoms with E-state index in [-0.39, 0.29) is 0 Å². The molecular weight excluding hydrogens is 138 g/mol. The van der Waals surface area contributed by atoms with E-state index < -0.39 is 0 Å². The van der Waals surface area contributed by atoms with Crippen molar-refractivity contribution in [2.24, 2.45) is 0 Å². The lowest BCUT2D eigenvalue weighted by Gasteiger charge is -2.14.